The number of hydrogen-bond acceptors (Lipinski definition) is 3. The van der Waals surface area contributed by atoms with Gasteiger partial charge in [0.1, 0.15) is 12.0 Å². The van der Waals surface area contributed by atoms with Crippen LogP contribution in [0.15, 0.2) is 48.5 Å². The van der Waals surface area contributed by atoms with E-state index in [1.807, 2.05) is 62.4 Å². The summed E-state index contributed by atoms with van der Waals surface area (Å²) >= 11 is 0. The average Bonchev–Trinajstić information content (AvgIpc) is 3.02. The van der Waals surface area contributed by atoms with E-state index in [0.717, 1.165) is 22.4 Å². The summed E-state index contributed by atoms with van der Waals surface area (Å²) in [5.74, 6) is -2.79. The highest BCUT2D eigenvalue weighted by molar-refractivity contribution is 6.10. The summed E-state index contributed by atoms with van der Waals surface area (Å²) in [7, 11) is 0. The molecule has 0 saturated carbocycles. The number of rotatable bonds is 6. The predicted octanol–water partition coefficient (Wildman–Crippen LogP) is 2.47. The molecular weight excluding hydrogens is 356 g/mol. The molecule has 2 aromatic rings. The van der Waals surface area contributed by atoms with Gasteiger partial charge in [-0.25, -0.2) is 4.79 Å². The van der Waals surface area contributed by atoms with Gasteiger partial charge in [0.25, 0.3) is 0 Å². The number of carbonyl (C=O) groups is 3. The number of nitrogens with zero attached hydrogens (tertiary/aromatic N) is 1. The minimum absolute atomic E-state index is 0.170. The standard InChI is InChI=1S/C22H24N2O4/c1-14-10-15(2)12-17(11-14)24-9-8-18(21(24)26)20(25)23-19(22(27)28)13-16-6-4-3-5-7-16/h3-7,10-12,18-19H,8-9,13H2,1-2H3,(H,23,25)(H,27,28)/t18?,19-/m1/s1. The molecule has 1 unspecified atom stereocenters. The largest absolute Gasteiger partial charge is 0.480 e. The van der Waals surface area contributed by atoms with Crippen molar-refractivity contribution in [3.05, 3.63) is 65.2 Å². The fourth-order valence-electron chi connectivity index (χ4n) is 3.61. The molecule has 1 aliphatic heterocycles. The maximum absolute atomic E-state index is 12.8. The third kappa shape index (κ3) is 4.39. The van der Waals surface area contributed by atoms with Crippen LogP contribution in [0.5, 0.6) is 0 Å². The minimum atomic E-state index is -1.12. The first kappa shape index (κ1) is 19.6. The SMILES string of the molecule is Cc1cc(C)cc(N2CCC(C(=O)N[C@H](Cc3ccccc3)C(=O)O)C2=O)c1. The number of carboxylic acids is 1. The summed E-state index contributed by atoms with van der Waals surface area (Å²) in [6.07, 6.45) is 0.541. The summed E-state index contributed by atoms with van der Waals surface area (Å²) in [4.78, 5) is 38.6. The summed E-state index contributed by atoms with van der Waals surface area (Å²) < 4.78 is 0. The molecule has 0 spiro atoms. The second-order valence-electron chi connectivity index (χ2n) is 7.27. The van der Waals surface area contributed by atoms with Crippen molar-refractivity contribution in [1.29, 1.82) is 0 Å². The normalized spacial score (nSPS) is 17.4. The van der Waals surface area contributed by atoms with E-state index in [2.05, 4.69) is 5.32 Å². The van der Waals surface area contributed by atoms with Gasteiger partial charge in [-0.15, -0.1) is 0 Å². The van der Waals surface area contributed by atoms with Crippen molar-refractivity contribution < 1.29 is 19.5 Å². The van der Waals surface area contributed by atoms with Gasteiger partial charge in [0, 0.05) is 18.7 Å². The predicted molar refractivity (Wildman–Crippen MR) is 106 cm³/mol. The molecule has 0 bridgehead atoms. The van der Waals surface area contributed by atoms with Crippen LogP contribution in [0.1, 0.15) is 23.1 Å². The van der Waals surface area contributed by atoms with E-state index in [1.54, 1.807) is 4.90 Å². The van der Waals surface area contributed by atoms with E-state index >= 15 is 0 Å². The number of amides is 2. The van der Waals surface area contributed by atoms with Gasteiger partial charge >= 0.3 is 5.97 Å². The van der Waals surface area contributed by atoms with E-state index in [9.17, 15) is 19.5 Å². The smallest absolute Gasteiger partial charge is 0.326 e. The maximum Gasteiger partial charge on any atom is 0.326 e. The van der Waals surface area contributed by atoms with Gasteiger partial charge in [-0.3, -0.25) is 9.59 Å². The number of aryl methyl sites for hydroxylation is 2. The van der Waals surface area contributed by atoms with Crippen molar-refractivity contribution in [3.8, 4) is 0 Å². The van der Waals surface area contributed by atoms with Crippen LogP contribution in [0.2, 0.25) is 0 Å². The number of hydrogen-bond donors (Lipinski definition) is 2. The Labute approximate surface area is 164 Å². The minimum Gasteiger partial charge on any atom is -0.480 e. The van der Waals surface area contributed by atoms with Crippen molar-refractivity contribution in [2.24, 2.45) is 5.92 Å². The van der Waals surface area contributed by atoms with Crippen LogP contribution >= 0.6 is 0 Å². The third-order valence-corrected chi connectivity index (χ3v) is 4.94. The van der Waals surface area contributed by atoms with Crippen molar-refractivity contribution in [2.75, 3.05) is 11.4 Å². The molecule has 6 heteroatoms. The molecule has 1 aliphatic rings. The van der Waals surface area contributed by atoms with E-state index in [4.69, 9.17) is 0 Å². The quantitative estimate of drug-likeness (QED) is 0.754. The molecule has 3 rings (SSSR count). The molecule has 2 atom stereocenters. The zero-order chi connectivity index (χ0) is 20.3. The molecule has 2 amide bonds. The Bertz CT molecular complexity index is 874. The van der Waals surface area contributed by atoms with E-state index in [-0.39, 0.29) is 12.3 Å². The molecular formula is C22H24N2O4. The highest BCUT2D eigenvalue weighted by Gasteiger charge is 2.39. The monoisotopic (exact) mass is 380 g/mol. The Morgan fingerprint density at radius 2 is 1.79 bits per heavy atom. The second kappa shape index (κ2) is 8.25. The lowest BCUT2D eigenvalue weighted by atomic mass is 10.0. The van der Waals surface area contributed by atoms with Gasteiger partial charge in [-0.1, -0.05) is 36.4 Å². The van der Waals surface area contributed by atoms with Crippen LogP contribution in [-0.4, -0.2) is 35.5 Å². The Kier molecular flexibility index (Phi) is 5.78. The Hall–Kier alpha value is -3.15. The summed E-state index contributed by atoms with van der Waals surface area (Å²) in [5.41, 5.74) is 3.68. The highest BCUT2D eigenvalue weighted by Crippen LogP contribution is 2.27. The Morgan fingerprint density at radius 1 is 1.14 bits per heavy atom. The van der Waals surface area contributed by atoms with E-state index in [1.165, 1.54) is 0 Å². The lowest BCUT2D eigenvalue weighted by molar-refractivity contribution is -0.143. The number of anilines is 1. The first-order chi connectivity index (χ1) is 13.3. The van der Waals surface area contributed by atoms with Gasteiger partial charge < -0.3 is 15.3 Å². The van der Waals surface area contributed by atoms with Crippen molar-refractivity contribution in [1.82, 2.24) is 5.32 Å². The van der Waals surface area contributed by atoms with Gasteiger partial charge in [0.2, 0.25) is 11.8 Å². The molecule has 0 radical (unpaired) electrons. The number of carboxylic acid groups (broad SMARTS) is 1. The van der Waals surface area contributed by atoms with Gasteiger partial charge in [0.05, 0.1) is 0 Å². The number of nitrogens with one attached hydrogen (secondary N) is 1. The lowest BCUT2D eigenvalue weighted by Gasteiger charge is -2.19. The van der Waals surface area contributed by atoms with Crippen molar-refractivity contribution >= 4 is 23.5 Å². The van der Waals surface area contributed by atoms with Crippen molar-refractivity contribution in [2.45, 2.75) is 32.7 Å². The summed E-state index contributed by atoms with van der Waals surface area (Å²) in [6.45, 7) is 4.36. The zero-order valence-electron chi connectivity index (χ0n) is 16.0. The molecule has 2 N–H and O–H groups in total. The topological polar surface area (TPSA) is 86.7 Å². The van der Waals surface area contributed by atoms with E-state index in [0.29, 0.717) is 13.0 Å². The molecule has 2 aromatic carbocycles. The first-order valence-electron chi connectivity index (χ1n) is 9.32. The Balaban J connectivity index is 1.70. The van der Waals surface area contributed by atoms with Gasteiger partial charge in [-0.05, 0) is 49.1 Å². The van der Waals surface area contributed by atoms with Gasteiger partial charge in [0.15, 0.2) is 0 Å². The second-order valence-corrected chi connectivity index (χ2v) is 7.27. The van der Waals surface area contributed by atoms with Gasteiger partial charge in [-0.2, -0.15) is 0 Å². The summed E-state index contributed by atoms with van der Waals surface area (Å²) in [5, 5.41) is 12.0. The lowest BCUT2D eigenvalue weighted by Crippen LogP contribution is -2.46. The molecule has 146 valence electrons. The number of carbonyl (C=O) groups excluding carboxylic acids is 2. The number of aliphatic carboxylic acids is 1. The maximum atomic E-state index is 12.8. The van der Waals surface area contributed by atoms with Crippen LogP contribution in [0, 0.1) is 19.8 Å². The summed E-state index contributed by atoms with van der Waals surface area (Å²) in [6, 6.07) is 13.9. The highest BCUT2D eigenvalue weighted by atomic mass is 16.4. The third-order valence-electron chi connectivity index (χ3n) is 4.94. The van der Waals surface area contributed by atoms with Crippen LogP contribution in [0.25, 0.3) is 0 Å². The molecule has 0 aliphatic carbocycles. The average molecular weight is 380 g/mol. The number of benzene rings is 2. The fourth-order valence-corrected chi connectivity index (χ4v) is 3.61. The zero-order valence-corrected chi connectivity index (χ0v) is 16.0. The Morgan fingerprint density at radius 3 is 2.39 bits per heavy atom. The molecule has 6 nitrogen and oxygen atoms in total. The first-order valence-corrected chi connectivity index (χ1v) is 9.32. The van der Waals surface area contributed by atoms with Crippen LogP contribution in [-0.2, 0) is 20.8 Å². The van der Waals surface area contributed by atoms with Crippen LogP contribution in [0.4, 0.5) is 5.69 Å². The van der Waals surface area contributed by atoms with Crippen molar-refractivity contribution in [3.63, 3.8) is 0 Å². The van der Waals surface area contributed by atoms with E-state index < -0.39 is 23.8 Å². The molecule has 1 fully saturated rings. The molecule has 0 aromatic heterocycles. The van der Waals surface area contributed by atoms with Crippen LogP contribution < -0.4 is 10.2 Å². The molecule has 28 heavy (non-hydrogen) atoms. The molecule has 1 saturated heterocycles. The fraction of sp³-hybridized carbons (Fsp3) is 0.318. The molecule has 1 heterocycles. The van der Waals surface area contributed by atoms with Crippen LogP contribution in [0.3, 0.4) is 0 Å².